The van der Waals surface area contributed by atoms with Gasteiger partial charge in [-0.25, -0.2) is 14.4 Å². The van der Waals surface area contributed by atoms with Gasteiger partial charge in [-0.05, 0) is 42.9 Å². The number of rotatable bonds is 7. The fraction of sp³-hybridized carbons (Fsp3) is 0.400. The van der Waals surface area contributed by atoms with Crippen LogP contribution in [0, 0.1) is 5.92 Å². The zero-order chi connectivity index (χ0) is 23.9. The average Bonchev–Trinajstić information content (AvgIpc) is 3.21. The van der Waals surface area contributed by atoms with Gasteiger partial charge in [0.15, 0.2) is 0 Å². The van der Waals surface area contributed by atoms with Crippen molar-refractivity contribution < 1.29 is 19.1 Å². The number of nitrogens with one attached hydrogen (secondary N) is 2. The molecule has 1 fully saturated rings. The molecule has 1 amide bonds. The first-order chi connectivity index (χ1) is 16.5. The number of aromatic nitrogens is 2. The molecule has 180 valence electrons. The number of ether oxygens (including phenoxy) is 2. The maximum atomic E-state index is 12.5. The molecule has 9 heteroatoms. The Morgan fingerprint density at radius 2 is 1.76 bits per heavy atom. The van der Waals surface area contributed by atoms with E-state index in [4.69, 9.17) is 9.47 Å². The summed E-state index contributed by atoms with van der Waals surface area (Å²) in [5.74, 6) is 0.198. The molecular formula is C25H30N4O5. The Morgan fingerprint density at radius 3 is 2.50 bits per heavy atom. The van der Waals surface area contributed by atoms with Crippen LogP contribution in [0.2, 0.25) is 0 Å². The summed E-state index contributed by atoms with van der Waals surface area (Å²) in [4.78, 5) is 41.8. The van der Waals surface area contributed by atoms with Gasteiger partial charge in [-0.2, -0.15) is 4.57 Å². The second-order valence-electron chi connectivity index (χ2n) is 8.47. The smallest absolute Gasteiger partial charge is 0.422 e. The second kappa shape index (κ2) is 11.0. The first-order valence-electron chi connectivity index (χ1n) is 11.6. The molecule has 0 saturated carbocycles. The van der Waals surface area contributed by atoms with Gasteiger partial charge in [-0.1, -0.05) is 49.4 Å². The van der Waals surface area contributed by atoms with Crippen LogP contribution in [0.5, 0.6) is 0 Å². The number of fused-ring (bicyclic) bond motifs is 1. The summed E-state index contributed by atoms with van der Waals surface area (Å²) < 4.78 is 11.8. The molecule has 0 spiro atoms. The van der Waals surface area contributed by atoms with Crippen molar-refractivity contribution in [2.75, 3.05) is 19.7 Å². The third-order valence-electron chi connectivity index (χ3n) is 6.19. The summed E-state index contributed by atoms with van der Waals surface area (Å²) in [6, 6.07) is 16.6. The molecule has 0 bridgehead atoms. The molecule has 2 N–H and O–H groups in total. The van der Waals surface area contributed by atoms with Crippen molar-refractivity contribution in [3.05, 3.63) is 70.6 Å². The van der Waals surface area contributed by atoms with Crippen molar-refractivity contribution in [1.82, 2.24) is 19.8 Å². The first kappa shape index (κ1) is 23.6. The number of carbonyl (C=O) groups excluding carboxylic acids is 2. The molecule has 4 rings (SSSR count). The van der Waals surface area contributed by atoms with E-state index in [1.807, 2.05) is 37.3 Å². The topological polar surface area (TPSA) is 106 Å². The molecule has 0 aliphatic carbocycles. The number of piperidine rings is 1. The van der Waals surface area contributed by atoms with Crippen LogP contribution in [0.25, 0.3) is 11.0 Å². The lowest BCUT2D eigenvalue weighted by molar-refractivity contribution is 0.0644. The molecule has 1 saturated heterocycles. The van der Waals surface area contributed by atoms with Crippen molar-refractivity contribution in [3.8, 4) is 0 Å². The minimum atomic E-state index is -0.667. The number of para-hydroxylation sites is 2. The Labute approximate surface area is 197 Å². The van der Waals surface area contributed by atoms with Crippen LogP contribution in [-0.4, -0.2) is 52.5 Å². The maximum absolute atomic E-state index is 12.5. The molecular weight excluding hydrogens is 436 g/mol. The molecule has 1 aliphatic rings. The zero-order valence-corrected chi connectivity index (χ0v) is 19.2. The number of carbonyl (C=O) groups is 2. The van der Waals surface area contributed by atoms with Crippen LogP contribution >= 0.6 is 0 Å². The number of amides is 1. The summed E-state index contributed by atoms with van der Waals surface area (Å²) in [6.07, 6.45) is 1.19. The van der Waals surface area contributed by atoms with Crippen LogP contribution in [-0.2, 0) is 16.1 Å². The van der Waals surface area contributed by atoms with E-state index < -0.39 is 17.9 Å². The van der Waals surface area contributed by atoms with E-state index in [9.17, 15) is 14.4 Å². The predicted octanol–water partition coefficient (Wildman–Crippen LogP) is 3.69. The molecule has 3 aromatic rings. The van der Waals surface area contributed by atoms with Crippen molar-refractivity contribution in [2.24, 2.45) is 5.92 Å². The number of benzene rings is 2. The van der Waals surface area contributed by atoms with Gasteiger partial charge in [-0.3, -0.25) is 4.90 Å². The molecule has 1 aliphatic heterocycles. The van der Waals surface area contributed by atoms with Crippen molar-refractivity contribution in [2.45, 2.75) is 39.0 Å². The largest absolute Gasteiger partial charge is 0.449 e. The first-order valence-corrected chi connectivity index (χ1v) is 11.6. The lowest BCUT2D eigenvalue weighted by Crippen LogP contribution is -2.51. The van der Waals surface area contributed by atoms with E-state index in [0.717, 1.165) is 42.5 Å². The van der Waals surface area contributed by atoms with E-state index in [0.29, 0.717) is 11.0 Å². The maximum Gasteiger partial charge on any atom is 0.422 e. The Bertz CT molecular complexity index is 1160. The minimum Gasteiger partial charge on any atom is -0.449 e. The van der Waals surface area contributed by atoms with Gasteiger partial charge in [0.1, 0.15) is 6.61 Å². The number of nitrogens with zero attached hydrogens (tertiary/aromatic N) is 2. The Balaban J connectivity index is 1.23. The summed E-state index contributed by atoms with van der Waals surface area (Å²) in [5, 5.41) is 2.95. The lowest BCUT2D eigenvalue weighted by Gasteiger charge is -2.37. The molecule has 1 atom stereocenters. The third-order valence-corrected chi connectivity index (χ3v) is 6.19. The molecule has 2 heterocycles. The number of aromatic amines is 1. The summed E-state index contributed by atoms with van der Waals surface area (Å²) in [7, 11) is 0. The Kier molecular flexibility index (Phi) is 7.64. The standard InChI is InChI=1S/C25H30N4O5/c1-2-22(27-24(31)33-16-18-8-4-3-5-9-18)28-14-12-19(13-15-28)17-34-25(32)29-21-11-7-6-10-20(21)26-23(29)30/h3-11,19,22H,2,12-17H2,1H3,(H,26,30)(H,27,31)/t22-/m1/s1. The fourth-order valence-corrected chi connectivity index (χ4v) is 4.27. The number of likely N-dealkylation sites (tertiary alicyclic amines) is 1. The number of alkyl carbamates (subject to hydrolysis) is 1. The van der Waals surface area contributed by atoms with Gasteiger partial charge in [0.2, 0.25) is 0 Å². The summed E-state index contributed by atoms with van der Waals surface area (Å²) >= 11 is 0. The van der Waals surface area contributed by atoms with Crippen LogP contribution < -0.4 is 11.0 Å². The number of imidazole rings is 1. The Hall–Kier alpha value is -3.59. The molecule has 0 unspecified atom stereocenters. The van der Waals surface area contributed by atoms with Crippen molar-refractivity contribution in [3.63, 3.8) is 0 Å². The van der Waals surface area contributed by atoms with Crippen LogP contribution in [0.4, 0.5) is 9.59 Å². The molecule has 0 radical (unpaired) electrons. The highest BCUT2D eigenvalue weighted by Crippen LogP contribution is 2.20. The summed E-state index contributed by atoms with van der Waals surface area (Å²) in [5.41, 5.74) is 1.54. The van der Waals surface area contributed by atoms with Crippen molar-refractivity contribution >= 4 is 23.2 Å². The number of hydrogen-bond acceptors (Lipinski definition) is 6. The van der Waals surface area contributed by atoms with Crippen LogP contribution in [0.1, 0.15) is 31.7 Å². The van der Waals surface area contributed by atoms with E-state index >= 15 is 0 Å². The van der Waals surface area contributed by atoms with Gasteiger partial charge in [0.05, 0.1) is 23.8 Å². The van der Waals surface area contributed by atoms with E-state index in [1.54, 1.807) is 24.3 Å². The van der Waals surface area contributed by atoms with Gasteiger partial charge in [0, 0.05) is 13.1 Å². The van der Waals surface area contributed by atoms with E-state index in [-0.39, 0.29) is 25.3 Å². The van der Waals surface area contributed by atoms with Crippen LogP contribution in [0.3, 0.4) is 0 Å². The van der Waals surface area contributed by atoms with Gasteiger partial charge < -0.3 is 19.8 Å². The highest BCUT2D eigenvalue weighted by molar-refractivity contribution is 5.86. The predicted molar refractivity (Wildman–Crippen MR) is 127 cm³/mol. The molecule has 9 nitrogen and oxygen atoms in total. The molecule has 34 heavy (non-hydrogen) atoms. The highest BCUT2D eigenvalue weighted by Gasteiger charge is 2.27. The minimum absolute atomic E-state index is 0.114. The van der Waals surface area contributed by atoms with E-state index in [1.165, 1.54) is 0 Å². The van der Waals surface area contributed by atoms with Gasteiger partial charge >= 0.3 is 17.9 Å². The van der Waals surface area contributed by atoms with Gasteiger partial charge in [0.25, 0.3) is 0 Å². The lowest BCUT2D eigenvalue weighted by atomic mass is 9.97. The number of hydrogen-bond donors (Lipinski definition) is 2. The Morgan fingerprint density at radius 1 is 1.06 bits per heavy atom. The quantitative estimate of drug-likeness (QED) is 0.550. The van der Waals surface area contributed by atoms with Crippen LogP contribution in [0.15, 0.2) is 59.4 Å². The molecule has 2 aromatic carbocycles. The summed E-state index contributed by atoms with van der Waals surface area (Å²) in [6.45, 7) is 4.05. The SMILES string of the molecule is CC[C@H](NC(=O)OCc1ccccc1)N1CCC(COC(=O)n2c(=O)[nH]c3ccccc32)CC1. The highest BCUT2D eigenvalue weighted by atomic mass is 16.6. The number of H-pyrrole nitrogens is 1. The fourth-order valence-electron chi connectivity index (χ4n) is 4.27. The van der Waals surface area contributed by atoms with E-state index in [2.05, 4.69) is 15.2 Å². The molecule has 1 aromatic heterocycles. The van der Waals surface area contributed by atoms with Crippen molar-refractivity contribution in [1.29, 1.82) is 0 Å². The normalized spacial score (nSPS) is 15.7. The van der Waals surface area contributed by atoms with Gasteiger partial charge in [-0.15, -0.1) is 0 Å². The third kappa shape index (κ3) is 5.66. The zero-order valence-electron chi connectivity index (χ0n) is 19.2. The monoisotopic (exact) mass is 466 g/mol. The average molecular weight is 467 g/mol. The second-order valence-corrected chi connectivity index (χ2v) is 8.47.